The molecule has 0 bridgehead atoms. The number of β-lactam (4-membered cyclic amide) rings is 1. The fourth-order valence-electron chi connectivity index (χ4n) is 4.71. The summed E-state index contributed by atoms with van der Waals surface area (Å²) in [5.41, 5.74) is 3.19. The first-order chi connectivity index (χ1) is 14.7. The van der Waals surface area contributed by atoms with Crippen molar-refractivity contribution < 1.29 is 9.18 Å². The van der Waals surface area contributed by atoms with E-state index in [1.54, 1.807) is 17.0 Å². The van der Waals surface area contributed by atoms with Crippen molar-refractivity contribution >= 4 is 17.7 Å². The summed E-state index contributed by atoms with van der Waals surface area (Å²) in [5.74, 6) is 1.23. The number of hydrogen-bond acceptors (Lipinski definition) is 1. The molecule has 1 amide bonds. The van der Waals surface area contributed by atoms with Crippen molar-refractivity contribution in [1.29, 1.82) is 0 Å². The van der Waals surface area contributed by atoms with Gasteiger partial charge in [0, 0.05) is 11.6 Å². The number of benzene rings is 2. The van der Waals surface area contributed by atoms with E-state index in [0.29, 0.717) is 0 Å². The third kappa shape index (κ3) is 3.62. The molecule has 149 valence electrons. The van der Waals surface area contributed by atoms with Crippen molar-refractivity contribution in [2.45, 2.75) is 18.9 Å². The molecule has 1 heterocycles. The molecule has 2 aliphatic carbocycles. The second-order valence-corrected chi connectivity index (χ2v) is 8.04. The van der Waals surface area contributed by atoms with Gasteiger partial charge in [-0.2, -0.15) is 0 Å². The van der Waals surface area contributed by atoms with Gasteiger partial charge in [0.15, 0.2) is 0 Å². The molecular formula is C27H23FNO. The normalized spacial score (nSPS) is 27.0. The van der Waals surface area contributed by atoms with Crippen LogP contribution in [0.1, 0.15) is 18.4 Å². The van der Waals surface area contributed by atoms with Gasteiger partial charge in [0.1, 0.15) is 5.82 Å². The van der Waals surface area contributed by atoms with E-state index in [0.717, 1.165) is 24.1 Å². The van der Waals surface area contributed by atoms with E-state index in [1.165, 1.54) is 23.6 Å². The molecule has 1 saturated carbocycles. The van der Waals surface area contributed by atoms with Gasteiger partial charge < -0.3 is 4.90 Å². The fourth-order valence-corrected chi connectivity index (χ4v) is 4.71. The standard InChI is InChI=1S/C27H23FNO/c28-23-13-15-24(16-14-23)29-25(17-10-19-6-2-1-3-7-19)26(27(29)30)22-12-11-21(18-22)20-8-4-5-9-20/h1-10,13-18,22,25-26H,11-12H2/b17-10+/t22-,25+,26?/m0/s1. The number of allylic oxidation sites excluding steroid dienone is 2. The number of anilines is 1. The number of hydrogen-bond donors (Lipinski definition) is 0. The van der Waals surface area contributed by atoms with Crippen LogP contribution in [0, 0.1) is 49.3 Å². The van der Waals surface area contributed by atoms with Crippen molar-refractivity contribution in [2.75, 3.05) is 4.90 Å². The smallest absolute Gasteiger partial charge is 0.233 e. The van der Waals surface area contributed by atoms with E-state index in [4.69, 9.17) is 0 Å². The van der Waals surface area contributed by atoms with Gasteiger partial charge in [-0.15, -0.1) is 0 Å². The molecule has 1 saturated heterocycles. The topological polar surface area (TPSA) is 20.3 Å². The van der Waals surface area contributed by atoms with Crippen molar-refractivity contribution in [3.8, 4) is 0 Å². The summed E-state index contributed by atoms with van der Waals surface area (Å²) in [6, 6.07) is 16.3. The Morgan fingerprint density at radius 1 is 0.967 bits per heavy atom. The van der Waals surface area contributed by atoms with Crippen molar-refractivity contribution in [2.24, 2.45) is 11.8 Å². The van der Waals surface area contributed by atoms with Crippen LogP contribution in [0.4, 0.5) is 10.1 Å². The highest BCUT2D eigenvalue weighted by Gasteiger charge is 2.50. The van der Waals surface area contributed by atoms with E-state index >= 15 is 0 Å². The Bertz CT molecular complexity index is 956. The lowest BCUT2D eigenvalue weighted by atomic mass is 9.76. The Morgan fingerprint density at radius 3 is 2.43 bits per heavy atom. The molecule has 2 fully saturated rings. The average molecular weight is 396 g/mol. The van der Waals surface area contributed by atoms with Crippen LogP contribution < -0.4 is 4.90 Å². The van der Waals surface area contributed by atoms with E-state index in [9.17, 15) is 9.18 Å². The maximum absolute atomic E-state index is 13.4. The van der Waals surface area contributed by atoms with Crippen LogP contribution in [0.25, 0.3) is 6.08 Å². The Kier molecular flexibility index (Phi) is 5.28. The Labute approximate surface area is 178 Å². The largest absolute Gasteiger partial charge is 0.304 e. The Balaban J connectivity index is 1.41. The molecule has 5 rings (SSSR count). The van der Waals surface area contributed by atoms with Gasteiger partial charge in [0.2, 0.25) is 5.91 Å². The number of rotatable bonds is 5. The molecule has 1 unspecified atom stereocenters. The first-order valence-electron chi connectivity index (χ1n) is 10.5. The van der Waals surface area contributed by atoms with Crippen LogP contribution in [-0.4, -0.2) is 11.9 Å². The summed E-state index contributed by atoms with van der Waals surface area (Å²) in [6.45, 7) is 0. The van der Waals surface area contributed by atoms with Crippen LogP contribution in [0.15, 0.2) is 72.3 Å². The molecule has 0 N–H and O–H groups in total. The Hall–Kier alpha value is -2.68. The van der Waals surface area contributed by atoms with Crippen molar-refractivity contribution in [3.05, 3.63) is 115 Å². The maximum Gasteiger partial charge on any atom is 0.233 e. The lowest BCUT2D eigenvalue weighted by Crippen LogP contribution is -2.62. The minimum Gasteiger partial charge on any atom is -0.304 e. The minimum absolute atomic E-state index is 0.0385. The molecule has 2 nitrogen and oxygen atoms in total. The molecule has 3 heteroatoms. The first kappa shape index (κ1) is 19.3. The SMILES string of the molecule is O=C1C([C@@H]2C=C([C]3[CH][CH][CH][CH]3)CC2)[C@@H](/C=C/c2ccccc2)N1c1ccc(F)cc1. The predicted octanol–water partition coefficient (Wildman–Crippen LogP) is 5.61. The third-order valence-electron chi connectivity index (χ3n) is 6.24. The fraction of sp³-hybridized carbons (Fsp3) is 0.185. The molecule has 1 aliphatic heterocycles. The van der Waals surface area contributed by atoms with Gasteiger partial charge in [0.05, 0.1) is 12.0 Å². The molecule has 2 aromatic rings. The van der Waals surface area contributed by atoms with Gasteiger partial charge >= 0.3 is 0 Å². The zero-order valence-electron chi connectivity index (χ0n) is 16.6. The maximum atomic E-state index is 13.4. The Morgan fingerprint density at radius 2 is 1.70 bits per heavy atom. The first-order valence-corrected chi connectivity index (χ1v) is 10.5. The molecule has 2 aromatic carbocycles. The monoisotopic (exact) mass is 396 g/mol. The number of amides is 1. The summed E-state index contributed by atoms with van der Waals surface area (Å²) < 4.78 is 13.4. The quantitative estimate of drug-likeness (QED) is 0.602. The minimum atomic E-state index is -0.294. The van der Waals surface area contributed by atoms with Gasteiger partial charge in [0.25, 0.3) is 0 Å². The zero-order chi connectivity index (χ0) is 20.5. The summed E-state index contributed by atoms with van der Waals surface area (Å²) in [6.07, 6.45) is 16.9. The van der Waals surface area contributed by atoms with Crippen molar-refractivity contribution in [3.63, 3.8) is 0 Å². The average Bonchev–Trinajstić information content (AvgIpc) is 3.45. The highest BCUT2D eigenvalue weighted by Crippen LogP contribution is 2.46. The van der Waals surface area contributed by atoms with Crippen molar-refractivity contribution in [1.82, 2.24) is 0 Å². The highest BCUT2D eigenvalue weighted by atomic mass is 19.1. The van der Waals surface area contributed by atoms with Gasteiger partial charge in [-0.05, 0) is 74.3 Å². The molecule has 0 spiro atoms. The highest BCUT2D eigenvalue weighted by molar-refractivity contribution is 6.04. The van der Waals surface area contributed by atoms with Crippen LogP contribution in [0.3, 0.4) is 0 Å². The summed E-state index contributed by atoms with van der Waals surface area (Å²) in [7, 11) is 0. The van der Waals surface area contributed by atoms with E-state index in [2.05, 4.69) is 56.0 Å². The third-order valence-corrected chi connectivity index (χ3v) is 6.24. The summed E-state index contributed by atoms with van der Waals surface area (Å²) >= 11 is 0. The second kappa shape index (κ2) is 8.22. The summed E-state index contributed by atoms with van der Waals surface area (Å²) in [4.78, 5) is 15.0. The lowest BCUT2D eigenvalue weighted by Gasteiger charge is -2.48. The van der Waals surface area contributed by atoms with E-state index < -0.39 is 0 Å². The van der Waals surface area contributed by atoms with Crippen LogP contribution in [0.5, 0.6) is 0 Å². The molecular weight excluding hydrogens is 373 g/mol. The molecule has 0 aromatic heterocycles. The number of carbonyl (C=O) groups excluding carboxylic acids is 1. The number of carbonyl (C=O) groups is 1. The van der Waals surface area contributed by atoms with E-state index in [1.807, 2.05) is 18.2 Å². The second-order valence-electron chi connectivity index (χ2n) is 8.04. The van der Waals surface area contributed by atoms with Gasteiger partial charge in [-0.25, -0.2) is 4.39 Å². The molecule has 30 heavy (non-hydrogen) atoms. The lowest BCUT2D eigenvalue weighted by molar-refractivity contribution is -0.130. The molecule has 3 atom stereocenters. The number of halogens is 1. The van der Waals surface area contributed by atoms with Gasteiger partial charge in [-0.1, -0.05) is 54.1 Å². The van der Waals surface area contributed by atoms with Gasteiger partial charge in [-0.3, -0.25) is 4.79 Å². The molecule has 3 aliphatic rings. The predicted molar refractivity (Wildman–Crippen MR) is 118 cm³/mol. The summed E-state index contributed by atoms with van der Waals surface area (Å²) in [5, 5.41) is 0. The van der Waals surface area contributed by atoms with Crippen LogP contribution in [-0.2, 0) is 4.79 Å². The number of nitrogens with zero attached hydrogens (tertiary/aromatic N) is 1. The van der Waals surface area contributed by atoms with Crippen LogP contribution in [0.2, 0.25) is 0 Å². The van der Waals surface area contributed by atoms with Crippen LogP contribution >= 0.6 is 0 Å². The van der Waals surface area contributed by atoms with E-state index in [-0.39, 0.29) is 29.6 Å². The molecule has 5 radical (unpaired) electrons. The zero-order valence-corrected chi connectivity index (χ0v) is 16.6.